The number of rotatable bonds is 1. The van der Waals surface area contributed by atoms with Crippen LogP contribution in [0.15, 0.2) is 21.7 Å². The van der Waals surface area contributed by atoms with E-state index in [9.17, 15) is 18.0 Å². The molecule has 0 unspecified atom stereocenters. The van der Waals surface area contributed by atoms with Crippen molar-refractivity contribution in [3.8, 4) is 5.88 Å². The van der Waals surface area contributed by atoms with Crippen LogP contribution >= 0.6 is 15.9 Å². The van der Waals surface area contributed by atoms with Crippen molar-refractivity contribution in [3.05, 3.63) is 32.9 Å². The van der Waals surface area contributed by atoms with E-state index in [1.807, 2.05) is 0 Å². The first-order valence-electron chi connectivity index (χ1n) is 4.53. The number of aromatic nitrogens is 3. The van der Waals surface area contributed by atoms with Crippen LogP contribution in [0.4, 0.5) is 13.2 Å². The zero-order valence-corrected chi connectivity index (χ0v) is 10.4. The Kier molecular flexibility index (Phi) is 3.01. The van der Waals surface area contributed by atoms with E-state index in [2.05, 4.69) is 25.9 Å². The highest BCUT2D eigenvalue weighted by molar-refractivity contribution is 9.10. The fraction of sp³-hybridized carbons (Fsp3) is 0.222. The average molecular weight is 324 g/mol. The number of fused-ring (bicyclic) bond motifs is 1. The maximum atomic E-state index is 12.7. The molecule has 0 spiro atoms. The predicted octanol–water partition coefficient (Wildman–Crippen LogP) is 1.88. The van der Waals surface area contributed by atoms with Crippen LogP contribution in [-0.2, 0) is 6.18 Å². The molecule has 0 saturated carbocycles. The average Bonchev–Trinajstić information content (AvgIpc) is 2.31. The molecule has 0 fully saturated rings. The van der Waals surface area contributed by atoms with E-state index in [-0.39, 0.29) is 11.5 Å². The Labute approximate surface area is 106 Å². The van der Waals surface area contributed by atoms with E-state index in [1.165, 1.54) is 7.11 Å². The van der Waals surface area contributed by atoms with Gasteiger partial charge in [0.1, 0.15) is 16.4 Å². The first-order valence-corrected chi connectivity index (χ1v) is 5.33. The van der Waals surface area contributed by atoms with Crippen LogP contribution in [0, 0.1) is 0 Å². The lowest BCUT2D eigenvalue weighted by molar-refractivity contribution is -0.141. The number of ether oxygens (including phenoxy) is 1. The SMILES string of the molecule is COc1cc2nc(C(F)(F)F)c(Br)c(=O)n2cn1. The van der Waals surface area contributed by atoms with Gasteiger partial charge in [0, 0.05) is 6.07 Å². The summed E-state index contributed by atoms with van der Waals surface area (Å²) in [6.45, 7) is 0. The third kappa shape index (κ3) is 2.05. The van der Waals surface area contributed by atoms with Gasteiger partial charge in [-0.1, -0.05) is 0 Å². The molecule has 18 heavy (non-hydrogen) atoms. The lowest BCUT2D eigenvalue weighted by Crippen LogP contribution is -2.22. The second-order valence-electron chi connectivity index (χ2n) is 3.24. The molecule has 5 nitrogen and oxygen atoms in total. The summed E-state index contributed by atoms with van der Waals surface area (Å²) in [4.78, 5) is 18.8. The molecule has 2 aromatic rings. The van der Waals surface area contributed by atoms with Gasteiger partial charge in [-0.2, -0.15) is 13.2 Å². The van der Waals surface area contributed by atoms with Gasteiger partial charge in [0.15, 0.2) is 5.69 Å². The van der Waals surface area contributed by atoms with Gasteiger partial charge in [0.25, 0.3) is 5.56 Å². The summed E-state index contributed by atoms with van der Waals surface area (Å²) >= 11 is 2.60. The molecule has 0 atom stereocenters. The molecule has 2 aromatic heterocycles. The van der Waals surface area contributed by atoms with Gasteiger partial charge >= 0.3 is 6.18 Å². The van der Waals surface area contributed by atoms with E-state index in [4.69, 9.17) is 4.74 Å². The Morgan fingerprint density at radius 1 is 1.44 bits per heavy atom. The molecular weight excluding hydrogens is 319 g/mol. The number of nitrogens with zero attached hydrogens (tertiary/aromatic N) is 3. The molecule has 0 saturated heterocycles. The number of methoxy groups -OCH3 is 1. The van der Waals surface area contributed by atoms with Crippen molar-refractivity contribution >= 4 is 21.6 Å². The van der Waals surface area contributed by atoms with Gasteiger partial charge in [-0.05, 0) is 15.9 Å². The summed E-state index contributed by atoms with van der Waals surface area (Å²) in [6, 6.07) is 1.14. The zero-order chi connectivity index (χ0) is 13.5. The van der Waals surface area contributed by atoms with Crippen molar-refractivity contribution in [2.24, 2.45) is 0 Å². The van der Waals surface area contributed by atoms with Crippen LogP contribution in [0.5, 0.6) is 5.88 Å². The topological polar surface area (TPSA) is 56.5 Å². The summed E-state index contributed by atoms with van der Waals surface area (Å²) in [5.41, 5.74) is -2.36. The molecule has 2 rings (SSSR count). The second kappa shape index (κ2) is 4.23. The van der Waals surface area contributed by atoms with Gasteiger partial charge in [-0.3, -0.25) is 4.79 Å². The second-order valence-corrected chi connectivity index (χ2v) is 4.03. The first-order chi connectivity index (χ1) is 8.34. The molecule has 0 bridgehead atoms. The number of halogens is 4. The minimum Gasteiger partial charge on any atom is -0.481 e. The van der Waals surface area contributed by atoms with Crippen LogP contribution in [0.1, 0.15) is 5.69 Å². The summed E-state index contributed by atoms with van der Waals surface area (Å²) < 4.78 is 43.0. The van der Waals surface area contributed by atoms with Gasteiger partial charge in [0.05, 0.1) is 7.11 Å². The van der Waals surface area contributed by atoms with E-state index < -0.39 is 21.9 Å². The van der Waals surface area contributed by atoms with E-state index >= 15 is 0 Å². The summed E-state index contributed by atoms with van der Waals surface area (Å²) in [6.07, 6.45) is -3.67. The minimum absolute atomic E-state index is 0.0670. The molecule has 2 heterocycles. The summed E-state index contributed by atoms with van der Waals surface area (Å²) in [5, 5.41) is 0. The molecule has 0 aromatic carbocycles. The number of hydrogen-bond donors (Lipinski definition) is 0. The molecule has 0 aliphatic carbocycles. The highest BCUT2D eigenvalue weighted by Gasteiger charge is 2.36. The van der Waals surface area contributed by atoms with Crippen LogP contribution in [-0.4, -0.2) is 21.5 Å². The van der Waals surface area contributed by atoms with Crippen molar-refractivity contribution in [1.82, 2.24) is 14.4 Å². The maximum Gasteiger partial charge on any atom is 0.434 e. The first kappa shape index (κ1) is 12.8. The van der Waals surface area contributed by atoms with Crippen molar-refractivity contribution in [2.75, 3.05) is 7.11 Å². The molecular formula is C9H5BrF3N3O2. The molecule has 9 heteroatoms. The third-order valence-corrected chi connectivity index (χ3v) is 2.83. The van der Waals surface area contributed by atoms with Crippen LogP contribution < -0.4 is 10.3 Å². The Hall–Kier alpha value is -1.64. The fourth-order valence-corrected chi connectivity index (χ4v) is 1.81. The Morgan fingerprint density at radius 3 is 2.67 bits per heavy atom. The molecule has 96 valence electrons. The van der Waals surface area contributed by atoms with Crippen molar-refractivity contribution < 1.29 is 17.9 Å². The normalized spacial score (nSPS) is 11.8. The summed E-state index contributed by atoms with van der Waals surface area (Å²) in [7, 11) is 1.31. The minimum atomic E-state index is -4.72. The Bertz CT molecular complexity index is 668. The molecule has 0 aliphatic rings. The quantitative estimate of drug-likeness (QED) is 0.804. The van der Waals surface area contributed by atoms with Gasteiger partial charge in [0.2, 0.25) is 5.88 Å². The number of alkyl halides is 3. The van der Waals surface area contributed by atoms with Crippen molar-refractivity contribution in [1.29, 1.82) is 0 Å². The van der Waals surface area contributed by atoms with Crippen LogP contribution in [0.2, 0.25) is 0 Å². The highest BCUT2D eigenvalue weighted by Crippen LogP contribution is 2.31. The van der Waals surface area contributed by atoms with Crippen molar-refractivity contribution in [3.63, 3.8) is 0 Å². The van der Waals surface area contributed by atoms with Gasteiger partial charge in [-0.25, -0.2) is 14.4 Å². The third-order valence-electron chi connectivity index (χ3n) is 2.12. The fourth-order valence-electron chi connectivity index (χ4n) is 1.30. The monoisotopic (exact) mass is 323 g/mol. The molecule has 0 aliphatic heterocycles. The smallest absolute Gasteiger partial charge is 0.434 e. The number of hydrogen-bond acceptors (Lipinski definition) is 4. The maximum absolute atomic E-state index is 12.7. The zero-order valence-electron chi connectivity index (χ0n) is 8.82. The molecule has 0 N–H and O–H groups in total. The van der Waals surface area contributed by atoms with Gasteiger partial charge < -0.3 is 4.74 Å². The van der Waals surface area contributed by atoms with E-state index in [0.29, 0.717) is 0 Å². The van der Waals surface area contributed by atoms with E-state index in [1.54, 1.807) is 0 Å². The Balaban J connectivity index is 2.84. The lowest BCUT2D eigenvalue weighted by Gasteiger charge is -2.09. The lowest BCUT2D eigenvalue weighted by atomic mass is 10.4. The molecule has 0 amide bonds. The Morgan fingerprint density at radius 2 is 2.11 bits per heavy atom. The predicted molar refractivity (Wildman–Crippen MR) is 58.5 cm³/mol. The summed E-state index contributed by atoms with van der Waals surface area (Å²) in [5.74, 6) is 0.0670. The molecule has 0 radical (unpaired) electrons. The van der Waals surface area contributed by atoms with Crippen LogP contribution in [0.25, 0.3) is 5.65 Å². The standard InChI is InChI=1S/C9H5BrF3N3O2/c1-18-5-2-4-15-7(9(11,12)13)6(10)8(17)16(4)3-14-5/h2-3H,1H3. The van der Waals surface area contributed by atoms with Gasteiger partial charge in [-0.15, -0.1) is 0 Å². The van der Waals surface area contributed by atoms with Crippen LogP contribution in [0.3, 0.4) is 0 Å². The largest absolute Gasteiger partial charge is 0.481 e. The van der Waals surface area contributed by atoms with E-state index in [0.717, 1.165) is 16.8 Å². The highest BCUT2D eigenvalue weighted by atomic mass is 79.9. The van der Waals surface area contributed by atoms with Crippen molar-refractivity contribution in [2.45, 2.75) is 6.18 Å².